The Hall–Kier alpha value is -3.03. The number of benzene rings is 1. The van der Waals surface area contributed by atoms with Gasteiger partial charge in [0.1, 0.15) is 5.69 Å². The molecule has 0 radical (unpaired) electrons. The standard InChI is InChI=1S/C19H24N4O4/c1-13-6-5-11-19(3,4)16(13)9-7-14(2)20-21-17-10-8-15(22(24)25)12-18(17)23(26)27/h6-10,12,16,21H,5,11H2,1-4H3/b9-7-,20-14+. The second kappa shape index (κ2) is 8.11. The van der Waals surface area contributed by atoms with Gasteiger partial charge in [-0.05, 0) is 44.2 Å². The van der Waals surface area contributed by atoms with Crippen LogP contribution in [0, 0.1) is 31.6 Å². The predicted molar refractivity (Wildman–Crippen MR) is 106 cm³/mol. The highest BCUT2D eigenvalue weighted by Gasteiger charge is 2.30. The van der Waals surface area contributed by atoms with Crippen molar-refractivity contribution in [2.24, 2.45) is 16.4 Å². The first kappa shape index (κ1) is 20.3. The topological polar surface area (TPSA) is 111 Å². The molecule has 1 atom stereocenters. The number of hydrogen-bond acceptors (Lipinski definition) is 6. The van der Waals surface area contributed by atoms with Gasteiger partial charge in [-0.3, -0.25) is 25.7 Å². The van der Waals surface area contributed by atoms with E-state index in [0.717, 1.165) is 18.9 Å². The second-order valence-electron chi connectivity index (χ2n) is 7.39. The lowest BCUT2D eigenvalue weighted by Gasteiger charge is -2.36. The Morgan fingerprint density at radius 3 is 2.59 bits per heavy atom. The number of nitrogens with zero attached hydrogens (tertiary/aromatic N) is 3. The lowest BCUT2D eigenvalue weighted by Crippen LogP contribution is -2.26. The maximum absolute atomic E-state index is 11.2. The first-order chi connectivity index (χ1) is 12.6. The summed E-state index contributed by atoms with van der Waals surface area (Å²) >= 11 is 0. The third kappa shape index (κ3) is 4.99. The zero-order valence-corrected chi connectivity index (χ0v) is 15.9. The van der Waals surface area contributed by atoms with Crippen LogP contribution in [-0.4, -0.2) is 15.6 Å². The quantitative estimate of drug-likeness (QED) is 0.318. The Kier molecular flexibility index (Phi) is 6.09. The Bertz CT molecular complexity index is 840. The number of hydrazone groups is 1. The van der Waals surface area contributed by atoms with Gasteiger partial charge >= 0.3 is 5.69 Å². The Morgan fingerprint density at radius 1 is 1.30 bits per heavy atom. The van der Waals surface area contributed by atoms with Gasteiger partial charge in [0, 0.05) is 12.0 Å². The van der Waals surface area contributed by atoms with E-state index in [-0.39, 0.29) is 16.8 Å². The van der Waals surface area contributed by atoms with Crippen LogP contribution in [-0.2, 0) is 0 Å². The number of allylic oxidation sites excluding steroid dienone is 4. The van der Waals surface area contributed by atoms with Crippen LogP contribution >= 0.6 is 0 Å². The lowest BCUT2D eigenvalue weighted by atomic mass is 9.68. The maximum Gasteiger partial charge on any atom is 0.301 e. The number of rotatable bonds is 6. The summed E-state index contributed by atoms with van der Waals surface area (Å²) in [6.07, 6.45) is 8.45. The summed E-state index contributed by atoms with van der Waals surface area (Å²) in [6.45, 7) is 8.39. The number of nitro groups is 2. The number of anilines is 1. The van der Waals surface area contributed by atoms with Gasteiger partial charge in [0.2, 0.25) is 0 Å². The first-order valence-corrected chi connectivity index (χ1v) is 8.70. The molecule has 0 bridgehead atoms. The van der Waals surface area contributed by atoms with Crippen LogP contribution in [0.15, 0.2) is 47.1 Å². The van der Waals surface area contributed by atoms with Crippen molar-refractivity contribution in [3.8, 4) is 0 Å². The molecule has 0 aromatic heterocycles. The second-order valence-corrected chi connectivity index (χ2v) is 7.39. The minimum atomic E-state index is -0.672. The molecule has 0 fully saturated rings. The van der Waals surface area contributed by atoms with Gasteiger partial charge in [-0.1, -0.05) is 31.6 Å². The van der Waals surface area contributed by atoms with Crippen molar-refractivity contribution < 1.29 is 9.85 Å². The molecular weight excluding hydrogens is 348 g/mol. The average molecular weight is 372 g/mol. The summed E-state index contributed by atoms with van der Waals surface area (Å²) in [4.78, 5) is 20.6. The highest BCUT2D eigenvalue weighted by molar-refractivity contribution is 5.93. The molecule has 0 saturated carbocycles. The van der Waals surface area contributed by atoms with Gasteiger partial charge in [0.25, 0.3) is 5.69 Å². The number of nitrogens with one attached hydrogen (secondary N) is 1. The fourth-order valence-electron chi connectivity index (χ4n) is 3.28. The molecule has 0 spiro atoms. The molecule has 1 aliphatic rings. The Balaban J connectivity index is 2.18. The Morgan fingerprint density at radius 2 is 2.00 bits per heavy atom. The van der Waals surface area contributed by atoms with Crippen molar-refractivity contribution in [2.45, 2.75) is 40.5 Å². The summed E-state index contributed by atoms with van der Waals surface area (Å²) in [5.41, 5.74) is 4.16. The van der Waals surface area contributed by atoms with Crippen LogP contribution < -0.4 is 5.43 Å². The van der Waals surface area contributed by atoms with E-state index in [0.29, 0.717) is 11.6 Å². The molecular formula is C19H24N4O4. The maximum atomic E-state index is 11.2. The number of hydrogen-bond donors (Lipinski definition) is 1. The number of non-ortho nitro benzene ring substituents is 1. The minimum Gasteiger partial charge on any atom is -0.271 e. The molecule has 1 unspecified atom stereocenters. The van der Waals surface area contributed by atoms with Crippen LogP contribution in [0.5, 0.6) is 0 Å². The van der Waals surface area contributed by atoms with Crippen molar-refractivity contribution >= 4 is 22.8 Å². The first-order valence-electron chi connectivity index (χ1n) is 8.70. The fraction of sp³-hybridized carbons (Fsp3) is 0.421. The van der Waals surface area contributed by atoms with E-state index < -0.39 is 15.5 Å². The van der Waals surface area contributed by atoms with Crippen LogP contribution in [0.2, 0.25) is 0 Å². The van der Waals surface area contributed by atoms with Crippen molar-refractivity contribution in [1.82, 2.24) is 0 Å². The van der Waals surface area contributed by atoms with Gasteiger partial charge < -0.3 is 0 Å². The molecule has 2 rings (SSSR count). The highest BCUT2D eigenvalue weighted by Crippen LogP contribution is 2.41. The molecule has 144 valence electrons. The molecule has 1 aromatic carbocycles. The number of nitro benzene ring substituents is 2. The van der Waals surface area contributed by atoms with Crippen LogP contribution in [0.1, 0.15) is 40.5 Å². The summed E-state index contributed by atoms with van der Waals surface area (Å²) in [7, 11) is 0. The monoisotopic (exact) mass is 372 g/mol. The zero-order chi connectivity index (χ0) is 20.2. The van der Waals surface area contributed by atoms with Gasteiger partial charge in [-0.25, -0.2) is 0 Å². The normalized spacial score (nSPS) is 19.6. The molecule has 0 heterocycles. The molecule has 0 saturated heterocycles. The molecule has 8 heteroatoms. The van der Waals surface area contributed by atoms with Crippen LogP contribution in [0.3, 0.4) is 0 Å². The molecule has 8 nitrogen and oxygen atoms in total. The van der Waals surface area contributed by atoms with Crippen molar-refractivity contribution in [1.29, 1.82) is 0 Å². The molecule has 1 N–H and O–H groups in total. The van der Waals surface area contributed by atoms with E-state index in [4.69, 9.17) is 0 Å². The molecule has 1 aromatic rings. The van der Waals surface area contributed by atoms with Crippen molar-refractivity contribution in [3.63, 3.8) is 0 Å². The van der Waals surface area contributed by atoms with E-state index in [9.17, 15) is 20.2 Å². The smallest absolute Gasteiger partial charge is 0.271 e. The van der Waals surface area contributed by atoms with Gasteiger partial charge in [0.05, 0.1) is 21.6 Å². The van der Waals surface area contributed by atoms with E-state index >= 15 is 0 Å². The molecule has 0 aliphatic heterocycles. The zero-order valence-electron chi connectivity index (χ0n) is 15.9. The summed E-state index contributed by atoms with van der Waals surface area (Å²) in [6, 6.07) is 3.41. The Labute approximate surface area is 158 Å². The van der Waals surface area contributed by atoms with Gasteiger partial charge in [-0.2, -0.15) is 5.10 Å². The molecule has 27 heavy (non-hydrogen) atoms. The van der Waals surface area contributed by atoms with Gasteiger partial charge in [-0.15, -0.1) is 0 Å². The summed E-state index contributed by atoms with van der Waals surface area (Å²) < 4.78 is 0. The van der Waals surface area contributed by atoms with E-state index in [2.05, 4.69) is 43.5 Å². The predicted octanol–water partition coefficient (Wildman–Crippen LogP) is 5.23. The van der Waals surface area contributed by atoms with Gasteiger partial charge in [0.15, 0.2) is 0 Å². The van der Waals surface area contributed by atoms with E-state index in [1.165, 1.54) is 17.7 Å². The molecule has 1 aliphatic carbocycles. The third-order valence-electron chi connectivity index (χ3n) is 4.86. The van der Waals surface area contributed by atoms with Crippen molar-refractivity contribution in [2.75, 3.05) is 5.43 Å². The van der Waals surface area contributed by atoms with Crippen molar-refractivity contribution in [3.05, 3.63) is 62.2 Å². The highest BCUT2D eigenvalue weighted by atomic mass is 16.6. The summed E-state index contributed by atoms with van der Waals surface area (Å²) in [5, 5.41) is 26.1. The SMILES string of the molecule is CC1=CCCC(C)(C)C1/C=C\C(C)=N\Nc1ccc([N+](=O)[O-])cc1[N+](=O)[O-]. The largest absolute Gasteiger partial charge is 0.301 e. The lowest BCUT2D eigenvalue weighted by molar-refractivity contribution is -0.393. The fourth-order valence-corrected chi connectivity index (χ4v) is 3.28. The third-order valence-corrected chi connectivity index (χ3v) is 4.86. The minimum absolute atomic E-state index is 0.104. The van der Waals surface area contributed by atoms with E-state index in [1.54, 1.807) is 6.92 Å². The van der Waals surface area contributed by atoms with Crippen LogP contribution in [0.25, 0.3) is 0 Å². The van der Waals surface area contributed by atoms with Crippen LogP contribution in [0.4, 0.5) is 17.1 Å². The average Bonchev–Trinajstić information content (AvgIpc) is 2.58. The summed E-state index contributed by atoms with van der Waals surface area (Å²) in [5.74, 6) is 0.310. The molecule has 0 amide bonds. The van der Waals surface area contributed by atoms with E-state index in [1.807, 2.05) is 6.08 Å².